The van der Waals surface area contributed by atoms with Crippen LogP contribution in [-0.2, 0) is 0 Å². The lowest BCUT2D eigenvalue weighted by atomic mass is 9.88. The van der Waals surface area contributed by atoms with Crippen LogP contribution in [0.4, 0.5) is 0 Å². The number of aryl methyl sites for hydroxylation is 4. The molecule has 3 rings (SSSR count). The molecule has 24 heavy (non-hydrogen) atoms. The van der Waals surface area contributed by atoms with Gasteiger partial charge in [0.25, 0.3) is 0 Å². The van der Waals surface area contributed by atoms with Crippen LogP contribution in [0.2, 0.25) is 0 Å². The fourth-order valence-electron chi connectivity index (χ4n) is 3.96. The molecule has 1 aliphatic heterocycles. The van der Waals surface area contributed by atoms with Crippen molar-refractivity contribution < 1.29 is 5.11 Å². The van der Waals surface area contributed by atoms with Crippen LogP contribution < -0.4 is 0 Å². The average Bonchev–Trinajstić information content (AvgIpc) is 2.43. The lowest BCUT2D eigenvalue weighted by Gasteiger charge is -2.39. The van der Waals surface area contributed by atoms with Gasteiger partial charge in [0.2, 0.25) is 0 Å². The Kier molecular flexibility index (Phi) is 4.81. The maximum absolute atomic E-state index is 10.9. The van der Waals surface area contributed by atoms with E-state index < -0.39 is 5.60 Å². The van der Waals surface area contributed by atoms with Gasteiger partial charge in [0.1, 0.15) is 0 Å². The van der Waals surface area contributed by atoms with E-state index in [1.54, 1.807) is 0 Å². The van der Waals surface area contributed by atoms with E-state index in [1.165, 1.54) is 33.4 Å². The van der Waals surface area contributed by atoms with Gasteiger partial charge in [0, 0.05) is 10.5 Å². The molecule has 0 aliphatic carbocycles. The molecule has 1 nitrogen and oxygen atoms in total. The Hall–Kier alpha value is -1.25. The zero-order chi connectivity index (χ0) is 17.5. The molecule has 2 atom stereocenters. The highest BCUT2D eigenvalue weighted by atomic mass is 32.2. The molecule has 1 aliphatic rings. The van der Waals surface area contributed by atoms with Gasteiger partial charge in [-0.3, -0.25) is 0 Å². The summed E-state index contributed by atoms with van der Waals surface area (Å²) in [5.41, 5.74) is 7.31. The summed E-state index contributed by atoms with van der Waals surface area (Å²) in [7, 11) is 0. The summed E-state index contributed by atoms with van der Waals surface area (Å²) in [6.07, 6.45) is 1.64. The molecule has 0 radical (unpaired) electrons. The molecule has 0 bridgehead atoms. The molecule has 128 valence electrons. The van der Waals surface area contributed by atoms with Gasteiger partial charge >= 0.3 is 0 Å². The Morgan fingerprint density at radius 3 is 1.42 bits per heavy atom. The summed E-state index contributed by atoms with van der Waals surface area (Å²) < 4.78 is 0. The minimum absolute atomic E-state index is 0.346. The van der Waals surface area contributed by atoms with Gasteiger partial charge in [-0.1, -0.05) is 58.7 Å². The lowest BCUT2D eigenvalue weighted by Crippen LogP contribution is -2.32. The molecule has 1 saturated heterocycles. The third-order valence-electron chi connectivity index (χ3n) is 4.81. The number of hydrogen-bond acceptors (Lipinski definition) is 2. The molecular formula is C22H28OS. The monoisotopic (exact) mass is 340 g/mol. The van der Waals surface area contributed by atoms with E-state index in [1.807, 2.05) is 18.7 Å². The van der Waals surface area contributed by atoms with Crippen molar-refractivity contribution in [1.82, 2.24) is 0 Å². The van der Waals surface area contributed by atoms with E-state index in [0.717, 1.165) is 12.8 Å². The second-order valence-corrected chi connectivity index (χ2v) is 9.27. The predicted octanol–water partition coefficient (Wildman–Crippen LogP) is 5.98. The van der Waals surface area contributed by atoms with Crippen molar-refractivity contribution >= 4 is 11.8 Å². The van der Waals surface area contributed by atoms with Gasteiger partial charge in [-0.25, -0.2) is 0 Å². The van der Waals surface area contributed by atoms with Crippen LogP contribution in [0, 0.1) is 27.7 Å². The van der Waals surface area contributed by atoms with Crippen LogP contribution in [0.1, 0.15) is 63.6 Å². The maximum atomic E-state index is 10.9. The van der Waals surface area contributed by atoms with Gasteiger partial charge in [-0.2, -0.15) is 0 Å². The molecule has 0 saturated carbocycles. The molecule has 1 fully saturated rings. The van der Waals surface area contributed by atoms with Crippen LogP contribution in [0.5, 0.6) is 0 Å². The summed E-state index contributed by atoms with van der Waals surface area (Å²) in [6, 6.07) is 13.6. The Morgan fingerprint density at radius 1 is 0.750 bits per heavy atom. The number of hydrogen-bond donors (Lipinski definition) is 1. The molecule has 1 N–H and O–H groups in total. The molecule has 2 unspecified atom stereocenters. The fourth-order valence-corrected chi connectivity index (χ4v) is 5.85. The van der Waals surface area contributed by atoms with Crippen LogP contribution in [0.15, 0.2) is 36.4 Å². The fraction of sp³-hybridized carbons (Fsp3) is 0.455. The minimum Gasteiger partial charge on any atom is -0.390 e. The topological polar surface area (TPSA) is 20.2 Å². The van der Waals surface area contributed by atoms with Gasteiger partial charge in [0.15, 0.2) is 0 Å². The van der Waals surface area contributed by atoms with Crippen LogP contribution in [-0.4, -0.2) is 10.7 Å². The molecule has 0 aromatic heterocycles. The lowest BCUT2D eigenvalue weighted by molar-refractivity contribution is 0.0364. The smallest absolute Gasteiger partial charge is 0.0647 e. The number of rotatable bonds is 2. The van der Waals surface area contributed by atoms with Gasteiger partial charge < -0.3 is 5.11 Å². The Balaban J connectivity index is 1.95. The second kappa shape index (κ2) is 6.57. The van der Waals surface area contributed by atoms with Crippen molar-refractivity contribution in [3.8, 4) is 0 Å². The third-order valence-corrected chi connectivity index (χ3v) is 6.35. The standard InChI is InChI=1S/C22H28OS/c1-14-6-15(2)9-18(8-14)20-12-22(5,23)13-21(24-20)19-10-16(3)7-17(4)11-19/h6-11,20-21,23H,12-13H2,1-5H3. The van der Waals surface area contributed by atoms with Crippen molar-refractivity contribution in [2.24, 2.45) is 0 Å². The second-order valence-electron chi connectivity index (χ2n) is 7.86. The zero-order valence-electron chi connectivity index (χ0n) is 15.4. The summed E-state index contributed by atoms with van der Waals surface area (Å²) in [6.45, 7) is 10.6. The van der Waals surface area contributed by atoms with Crippen molar-refractivity contribution in [1.29, 1.82) is 0 Å². The Bertz CT molecular complexity index is 646. The molecule has 0 amide bonds. The Labute approximate surface area is 150 Å². The normalized spacial score (nSPS) is 27.2. The van der Waals surface area contributed by atoms with Gasteiger partial charge in [0.05, 0.1) is 5.60 Å². The SMILES string of the molecule is Cc1cc(C)cc(C2CC(C)(O)CC(c3cc(C)cc(C)c3)S2)c1. The van der Waals surface area contributed by atoms with Crippen molar-refractivity contribution in [2.75, 3.05) is 0 Å². The first kappa shape index (κ1) is 17.6. The van der Waals surface area contributed by atoms with Crippen molar-refractivity contribution in [3.05, 3.63) is 69.8 Å². The van der Waals surface area contributed by atoms with Crippen LogP contribution in [0.25, 0.3) is 0 Å². The van der Waals surface area contributed by atoms with E-state index in [9.17, 15) is 5.11 Å². The third kappa shape index (κ3) is 4.04. The van der Waals surface area contributed by atoms with Crippen molar-refractivity contribution in [2.45, 2.75) is 63.6 Å². The highest BCUT2D eigenvalue weighted by Crippen LogP contribution is 2.53. The highest BCUT2D eigenvalue weighted by molar-refractivity contribution is 7.99. The number of aliphatic hydroxyl groups is 1. The van der Waals surface area contributed by atoms with Gasteiger partial charge in [-0.05, 0) is 58.6 Å². The largest absolute Gasteiger partial charge is 0.390 e. The van der Waals surface area contributed by atoms with E-state index in [-0.39, 0.29) is 0 Å². The first-order chi connectivity index (χ1) is 11.2. The summed E-state index contributed by atoms with van der Waals surface area (Å²) in [5, 5.41) is 11.6. The Morgan fingerprint density at radius 2 is 1.08 bits per heavy atom. The summed E-state index contributed by atoms with van der Waals surface area (Å²) in [4.78, 5) is 0. The molecule has 2 aromatic rings. The minimum atomic E-state index is -0.615. The van der Waals surface area contributed by atoms with Crippen molar-refractivity contribution in [3.63, 3.8) is 0 Å². The molecule has 1 heterocycles. The number of benzene rings is 2. The van der Waals surface area contributed by atoms with E-state index >= 15 is 0 Å². The molecule has 0 spiro atoms. The van der Waals surface area contributed by atoms with E-state index in [4.69, 9.17) is 0 Å². The molecule has 2 heteroatoms. The summed E-state index contributed by atoms with van der Waals surface area (Å²) in [5.74, 6) is 0. The molecule has 2 aromatic carbocycles. The van der Waals surface area contributed by atoms with Gasteiger partial charge in [-0.15, -0.1) is 11.8 Å². The summed E-state index contributed by atoms with van der Waals surface area (Å²) >= 11 is 2.01. The van der Waals surface area contributed by atoms with Crippen LogP contribution in [0.3, 0.4) is 0 Å². The predicted molar refractivity (Wildman–Crippen MR) is 105 cm³/mol. The maximum Gasteiger partial charge on any atom is 0.0647 e. The first-order valence-corrected chi connectivity index (χ1v) is 9.70. The van der Waals surface area contributed by atoms with E-state index in [2.05, 4.69) is 64.1 Å². The highest BCUT2D eigenvalue weighted by Gasteiger charge is 2.37. The zero-order valence-corrected chi connectivity index (χ0v) is 16.2. The average molecular weight is 341 g/mol. The quantitative estimate of drug-likeness (QED) is 0.725. The van der Waals surface area contributed by atoms with Crippen LogP contribution >= 0.6 is 11.8 Å². The number of thioether (sulfide) groups is 1. The van der Waals surface area contributed by atoms with E-state index in [0.29, 0.717) is 10.5 Å². The first-order valence-electron chi connectivity index (χ1n) is 8.76. The molecular weight excluding hydrogens is 312 g/mol.